The number of amides is 1. The van der Waals surface area contributed by atoms with Gasteiger partial charge >= 0.3 is 0 Å². The summed E-state index contributed by atoms with van der Waals surface area (Å²) < 4.78 is 44.2. The molecule has 0 aromatic heterocycles. The maximum Gasteiger partial charge on any atom is 0.241 e. The first-order chi connectivity index (χ1) is 14.4. The summed E-state index contributed by atoms with van der Waals surface area (Å²) in [7, 11) is -0.788. The summed E-state index contributed by atoms with van der Waals surface area (Å²) >= 11 is 0. The van der Waals surface area contributed by atoms with Gasteiger partial charge in [-0.05, 0) is 42.0 Å². The van der Waals surface area contributed by atoms with Crippen LogP contribution < -0.4 is 14.2 Å². The van der Waals surface area contributed by atoms with E-state index >= 15 is 0 Å². The molecule has 30 heavy (non-hydrogen) atoms. The first-order valence-corrected chi connectivity index (χ1v) is 11.1. The molecule has 1 unspecified atom stereocenters. The predicted molar refractivity (Wildman–Crippen MR) is 111 cm³/mol. The number of carbonyl (C=O) groups excluding carboxylic acids is 1. The molecule has 1 saturated heterocycles. The molecule has 0 bridgehead atoms. The lowest BCUT2D eigenvalue weighted by Gasteiger charge is -2.29. The second kappa shape index (κ2) is 9.92. The zero-order chi connectivity index (χ0) is 21.6. The summed E-state index contributed by atoms with van der Waals surface area (Å²) in [6.07, 6.45) is 0.00170. The van der Waals surface area contributed by atoms with Gasteiger partial charge in [0.15, 0.2) is 0 Å². The number of benzene rings is 2. The Morgan fingerprint density at radius 3 is 2.07 bits per heavy atom. The lowest BCUT2D eigenvalue weighted by Crippen LogP contribution is -2.42. The molecule has 2 aromatic rings. The van der Waals surface area contributed by atoms with Gasteiger partial charge in [-0.25, -0.2) is 13.1 Å². The standard InChI is InChI=1S/C21H26N2O6S/c1-27-17-5-3-16(4-6-17)20(15-21(24)23-11-13-29-14-12-23)22-30(25,26)19-9-7-18(28-2)8-10-19/h3-10,20,22H,11-15H2,1-2H3. The summed E-state index contributed by atoms with van der Waals surface area (Å²) in [6, 6.07) is 12.4. The number of hydrogen-bond acceptors (Lipinski definition) is 6. The number of methoxy groups -OCH3 is 2. The predicted octanol–water partition coefficient (Wildman–Crippen LogP) is 1.97. The van der Waals surface area contributed by atoms with Crippen LogP contribution in [0.25, 0.3) is 0 Å². The van der Waals surface area contributed by atoms with Gasteiger partial charge < -0.3 is 19.1 Å². The van der Waals surface area contributed by atoms with Gasteiger partial charge in [-0.3, -0.25) is 4.79 Å². The Labute approximate surface area is 176 Å². The lowest BCUT2D eigenvalue weighted by molar-refractivity contribution is -0.135. The van der Waals surface area contributed by atoms with Gasteiger partial charge in [0.05, 0.1) is 38.4 Å². The maximum absolute atomic E-state index is 13.0. The second-order valence-corrected chi connectivity index (χ2v) is 8.53. The largest absolute Gasteiger partial charge is 0.497 e. The van der Waals surface area contributed by atoms with E-state index in [0.717, 1.165) is 0 Å². The van der Waals surface area contributed by atoms with Crippen LogP contribution in [0.5, 0.6) is 11.5 Å². The minimum Gasteiger partial charge on any atom is -0.497 e. The average molecular weight is 435 g/mol. The molecule has 0 spiro atoms. The summed E-state index contributed by atoms with van der Waals surface area (Å²) in [4.78, 5) is 14.6. The van der Waals surface area contributed by atoms with E-state index in [9.17, 15) is 13.2 Å². The van der Waals surface area contributed by atoms with Crippen molar-refractivity contribution in [3.05, 3.63) is 54.1 Å². The number of ether oxygens (including phenoxy) is 3. The number of nitrogens with zero attached hydrogens (tertiary/aromatic N) is 1. The molecule has 1 fully saturated rings. The second-order valence-electron chi connectivity index (χ2n) is 6.82. The van der Waals surface area contributed by atoms with Gasteiger partial charge in [-0.2, -0.15) is 0 Å². The first-order valence-electron chi connectivity index (χ1n) is 9.59. The highest BCUT2D eigenvalue weighted by molar-refractivity contribution is 7.89. The van der Waals surface area contributed by atoms with E-state index in [1.165, 1.54) is 19.2 Å². The molecule has 1 amide bonds. The fraction of sp³-hybridized carbons (Fsp3) is 0.381. The van der Waals surface area contributed by atoms with E-state index in [2.05, 4.69) is 4.72 Å². The maximum atomic E-state index is 13.0. The third-order valence-corrected chi connectivity index (χ3v) is 6.42. The van der Waals surface area contributed by atoms with Crippen LogP contribution in [-0.2, 0) is 19.6 Å². The summed E-state index contributed by atoms with van der Waals surface area (Å²) in [5.41, 5.74) is 0.675. The summed E-state index contributed by atoms with van der Waals surface area (Å²) in [5.74, 6) is 1.08. The Balaban J connectivity index is 1.84. The minimum absolute atomic E-state index is 0.00170. The fourth-order valence-corrected chi connectivity index (χ4v) is 4.41. The SMILES string of the molecule is COc1ccc(C(CC(=O)N2CCOCC2)NS(=O)(=O)c2ccc(OC)cc2)cc1. The normalized spacial score (nSPS) is 15.5. The van der Waals surface area contributed by atoms with Crippen molar-refractivity contribution in [3.63, 3.8) is 0 Å². The smallest absolute Gasteiger partial charge is 0.241 e. The molecule has 162 valence electrons. The Bertz CT molecular complexity index is 938. The molecule has 9 heteroatoms. The Morgan fingerprint density at radius 2 is 1.53 bits per heavy atom. The minimum atomic E-state index is -3.86. The van der Waals surface area contributed by atoms with Crippen molar-refractivity contribution in [2.24, 2.45) is 0 Å². The van der Waals surface area contributed by atoms with Gasteiger partial charge in [0.2, 0.25) is 15.9 Å². The van der Waals surface area contributed by atoms with E-state index in [4.69, 9.17) is 14.2 Å². The zero-order valence-electron chi connectivity index (χ0n) is 17.0. The highest BCUT2D eigenvalue weighted by Gasteiger charge is 2.27. The molecule has 1 aliphatic rings. The number of sulfonamides is 1. The zero-order valence-corrected chi connectivity index (χ0v) is 17.9. The molecule has 0 saturated carbocycles. The van der Waals surface area contributed by atoms with Crippen molar-refractivity contribution in [1.29, 1.82) is 0 Å². The van der Waals surface area contributed by atoms with Gasteiger partial charge in [0, 0.05) is 19.5 Å². The Hall–Kier alpha value is -2.62. The van der Waals surface area contributed by atoms with Crippen molar-refractivity contribution in [3.8, 4) is 11.5 Å². The van der Waals surface area contributed by atoms with Crippen LogP contribution in [-0.4, -0.2) is 59.7 Å². The van der Waals surface area contributed by atoms with Crippen LogP contribution in [0.1, 0.15) is 18.0 Å². The molecular weight excluding hydrogens is 408 g/mol. The molecule has 1 heterocycles. The Morgan fingerprint density at radius 1 is 1.00 bits per heavy atom. The average Bonchev–Trinajstić information content (AvgIpc) is 2.79. The monoisotopic (exact) mass is 434 g/mol. The molecule has 3 rings (SSSR count). The Kier molecular flexibility index (Phi) is 7.30. The highest BCUT2D eigenvalue weighted by atomic mass is 32.2. The van der Waals surface area contributed by atoms with Crippen molar-refractivity contribution in [2.75, 3.05) is 40.5 Å². The molecule has 0 aliphatic carbocycles. The van der Waals surface area contributed by atoms with E-state index < -0.39 is 16.1 Å². The quantitative estimate of drug-likeness (QED) is 0.683. The summed E-state index contributed by atoms with van der Waals surface area (Å²) in [5, 5.41) is 0. The third kappa shape index (κ3) is 5.50. The summed E-state index contributed by atoms with van der Waals surface area (Å²) in [6.45, 7) is 1.96. The molecule has 1 aliphatic heterocycles. The van der Waals surface area contributed by atoms with Crippen molar-refractivity contribution in [2.45, 2.75) is 17.4 Å². The van der Waals surface area contributed by atoms with Crippen LogP contribution in [0.3, 0.4) is 0 Å². The molecule has 2 aromatic carbocycles. The van der Waals surface area contributed by atoms with Gasteiger partial charge in [-0.15, -0.1) is 0 Å². The van der Waals surface area contributed by atoms with Gasteiger partial charge in [0.1, 0.15) is 11.5 Å². The van der Waals surface area contributed by atoms with E-state index in [1.54, 1.807) is 48.4 Å². The topological polar surface area (TPSA) is 94.2 Å². The molecular formula is C21H26N2O6S. The van der Waals surface area contributed by atoms with Crippen molar-refractivity contribution in [1.82, 2.24) is 9.62 Å². The molecule has 8 nitrogen and oxygen atoms in total. The van der Waals surface area contributed by atoms with Crippen LogP contribution in [0.4, 0.5) is 0 Å². The molecule has 1 N–H and O–H groups in total. The van der Waals surface area contributed by atoms with Crippen LogP contribution in [0, 0.1) is 0 Å². The molecule has 1 atom stereocenters. The highest BCUT2D eigenvalue weighted by Crippen LogP contribution is 2.25. The van der Waals surface area contributed by atoms with Crippen LogP contribution in [0.2, 0.25) is 0 Å². The van der Waals surface area contributed by atoms with Gasteiger partial charge in [0.25, 0.3) is 0 Å². The van der Waals surface area contributed by atoms with Crippen LogP contribution >= 0.6 is 0 Å². The van der Waals surface area contributed by atoms with Crippen molar-refractivity contribution < 1.29 is 27.4 Å². The number of carbonyl (C=O) groups is 1. The number of morpholine rings is 1. The fourth-order valence-electron chi connectivity index (χ4n) is 3.19. The number of hydrogen-bond donors (Lipinski definition) is 1. The van der Waals surface area contributed by atoms with E-state index in [0.29, 0.717) is 43.4 Å². The number of nitrogens with one attached hydrogen (secondary N) is 1. The van der Waals surface area contributed by atoms with Crippen LogP contribution in [0.15, 0.2) is 53.4 Å². The first kappa shape index (κ1) is 22.1. The van der Waals surface area contributed by atoms with Gasteiger partial charge in [-0.1, -0.05) is 12.1 Å². The third-order valence-electron chi connectivity index (χ3n) is 4.93. The van der Waals surface area contributed by atoms with E-state index in [1.807, 2.05) is 0 Å². The molecule has 0 radical (unpaired) electrons. The van der Waals surface area contributed by atoms with E-state index in [-0.39, 0.29) is 17.2 Å². The van der Waals surface area contributed by atoms with Crippen molar-refractivity contribution >= 4 is 15.9 Å². The lowest BCUT2D eigenvalue weighted by atomic mass is 10.0. The number of rotatable bonds is 8.